The number of ether oxygens (including phenoxy) is 1. The van der Waals surface area contributed by atoms with Crippen molar-refractivity contribution >= 4 is 15.8 Å². The molecular weight excluding hydrogens is 280 g/mol. The fraction of sp³-hybridized carbons (Fsp3) is 0.250. The number of aromatic nitrogens is 2. The normalized spacial score (nSPS) is 11.5. The largest absolute Gasteiger partial charge is 0.497 e. The Labute approximate surface area is 117 Å². The van der Waals surface area contributed by atoms with Crippen LogP contribution in [0.3, 0.4) is 0 Å². The van der Waals surface area contributed by atoms with E-state index in [1.165, 1.54) is 0 Å². The smallest absolute Gasteiger partial charge is 0.260 e. The van der Waals surface area contributed by atoms with Crippen molar-refractivity contribution in [2.45, 2.75) is 18.5 Å². The number of aromatic amines is 1. The number of imidazole rings is 1. The number of rotatable bonds is 5. The molecule has 20 heavy (non-hydrogen) atoms. The Bertz CT molecular complexity index is 692. The van der Waals surface area contributed by atoms with Crippen molar-refractivity contribution in [2.75, 3.05) is 12.8 Å². The summed E-state index contributed by atoms with van der Waals surface area (Å²) < 4.78 is 31.6. The molecule has 7 nitrogen and oxygen atoms in total. The second-order valence-corrected chi connectivity index (χ2v) is 5.91. The molecule has 0 saturated carbocycles. The van der Waals surface area contributed by atoms with Gasteiger partial charge in [-0.25, -0.2) is 18.1 Å². The predicted molar refractivity (Wildman–Crippen MR) is 74.8 cm³/mol. The van der Waals surface area contributed by atoms with Crippen molar-refractivity contribution < 1.29 is 13.2 Å². The minimum absolute atomic E-state index is 0.0373. The second kappa shape index (κ2) is 5.51. The first-order valence-electron chi connectivity index (χ1n) is 5.87. The highest BCUT2D eigenvalue weighted by atomic mass is 32.2. The van der Waals surface area contributed by atoms with E-state index in [1.807, 2.05) is 0 Å². The van der Waals surface area contributed by atoms with Gasteiger partial charge in [-0.2, -0.15) is 0 Å². The molecule has 0 amide bonds. The maximum atomic E-state index is 12.1. The first-order chi connectivity index (χ1) is 9.42. The monoisotopic (exact) mass is 296 g/mol. The minimum atomic E-state index is -3.71. The van der Waals surface area contributed by atoms with Crippen LogP contribution in [0.4, 0.5) is 5.82 Å². The van der Waals surface area contributed by atoms with Crippen molar-refractivity contribution in [2.24, 2.45) is 0 Å². The first-order valence-corrected chi connectivity index (χ1v) is 7.35. The van der Waals surface area contributed by atoms with Crippen LogP contribution in [0.5, 0.6) is 5.75 Å². The first kappa shape index (κ1) is 14.4. The third-order valence-electron chi connectivity index (χ3n) is 2.71. The Hall–Kier alpha value is -2.06. The Kier molecular flexibility index (Phi) is 3.96. The van der Waals surface area contributed by atoms with Gasteiger partial charge in [-0.1, -0.05) is 12.1 Å². The Morgan fingerprint density at radius 1 is 1.35 bits per heavy atom. The summed E-state index contributed by atoms with van der Waals surface area (Å²) in [6.45, 7) is 1.79. The zero-order valence-electron chi connectivity index (χ0n) is 11.2. The minimum Gasteiger partial charge on any atom is -0.497 e. The topological polar surface area (TPSA) is 110 Å². The molecule has 1 aromatic carbocycles. The van der Waals surface area contributed by atoms with E-state index in [2.05, 4.69) is 14.7 Å². The number of hydrogen-bond donors (Lipinski definition) is 3. The average Bonchev–Trinajstić information content (AvgIpc) is 2.77. The third kappa shape index (κ3) is 3.09. The van der Waals surface area contributed by atoms with Crippen LogP contribution in [0.1, 0.15) is 11.4 Å². The fourth-order valence-electron chi connectivity index (χ4n) is 1.69. The van der Waals surface area contributed by atoms with Crippen LogP contribution in [0.25, 0.3) is 0 Å². The highest BCUT2D eigenvalue weighted by Gasteiger charge is 2.20. The molecule has 0 radical (unpaired) electrons. The van der Waals surface area contributed by atoms with Gasteiger partial charge in [0.05, 0.1) is 7.11 Å². The van der Waals surface area contributed by atoms with E-state index in [4.69, 9.17) is 10.5 Å². The second-order valence-electron chi connectivity index (χ2n) is 4.21. The van der Waals surface area contributed by atoms with Gasteiger partial charge < -0.3 is 15.5 Å². The van der Waals surface area contributed by atoms with Crippen LogP contribution < -0.4 is 15.2 Å². The van der Waals surface area contributed by atoms with E-state index in [9.17, 15) is 8.42 Å². The maximum Gasteiger partial charge on any atom is 0.260 e. The van der Waals surface area contributed by atoms with E-state index in [-0.39, 0.29) is 17.4 Å². The lowest BCUT2D eigenvalue weighted by atomic mass is 10.2. The van der Waals surface area contributed by atoms with Crippen molar-refractivity contribution in [3.05, 3.63) is 35.7 Å². The number of aryl methyl sites for hydroxylation is 1. The molecule has 108 valence electrons. The summed E-state index contributed by atoms with van der Waals surface area (Å²) in [6, 6.07) is 7.09. The summed E-state index contributed by atoms with van der Waals surface area (Å²) in [5.74, 6) is 1.13. The molecule has 0 atom stereocenters. The number of nitrogens with one attached hydrogen (secondary N) is 2. The highest BCUT2D eigenvalue weighted by Crippen LogP contribution is 2.15. The van der Waals surface area contributed by atoms with Crippen LogP contribution in [-0.4, -0.2) is 25.5 Å². The number of H-pyrrole nitrogens is 1. The Morgan fingerprint density at radius 2 is 2.00 bits per heavy atom. The number of methoxy groups -OCH3 is 1. The SMILES string of the molecule is COc1ccc(CNS(=O)(=O)c2[nH]c(C)nc2N)cc1. The maximum absolute atomic E-state index is 12.1. The van der Waals surface area contributed by atoms with Gasteiger partial charge in [0.15, 0.2) is 10.8 Å². The fourth-order valence-corrected chi connectivity index (χ4v) is 2.79. The van der Waals surface area contributed by atoms with Crippen molar-refractivity contribution in [1.29, 1.82) is 0 Å². The van der Waals surface area contributed by atoms with Crippen molar-refractivity contribution in [3.8, 4) is 5.75 Å². The molecule has 0 fully saturated rings. The van der Waals surface area contributed by atoms with E-state index in [1.54, 1.807) is 38.3 Å². The Morgan fingerprint density at radius 3 is 2.50 bits per heavy atom. The number of anilines is 1. The molecule has 0 saturated heterocycles. The molecule has 0 aliphatic heterocycles. The molecule has 1 heterocycles. The van der Waals surface area contributed by atoms with E-state index >= 15 is 0 Å². The summed E-state index contributed by atoms with van der Waals surface area (Å²) in [4.78, 5) is 6.47. The molecule has 2 rings (SSSR count). The lowest BCUT2D eigenvalue weighted by molar-refractivity contribution is 0.414. The van der Waals surface area contributed by atoms with Gasteiger partial charge >= 0.3 is 0 Å². The lowest BCUT2D eigenvalue weighted by Crippen LogP contribution is -2.24. The van der Waals surface area contributed by atoms with Crippen molar-refractivity contribution in [3.63, 3.8) is 0 Å². The molecule has 0 aliphatic rings. The van der Waals surface area contributed by atoms with Crippen LogP contribution >= 0.6 is 0 Å². The van der Waals surface area contributed by atoms with Crippen LogP contribution in [-0.2, 0) is 16.6 Å². The van der Waals surface area contributed by atoms with Crippen LogP contribution in [0.15, 0.2) is 29.3 Å². The molecule has 2 aromatic rings. The molecule has 1 aromatic heterocycles. The number of nitrogens with two attached hydrogens (primary N) is 1. The standard InChI is InChI=1S/C12H16N4O3S/c1-8-15-11(13)12(16-8)20(17,18)14-7-9-3-5-10(19-2)6-4-9/h3-6,14H,7,13H2,1-2H3,(H,15,16). The molecule has 0 bridgehead atoms. The van der Waals surface area contributed by atoms with E-state index < -0.39 is 10.0 Å². The summed E-state index contributed by atoms with van der Waals surface area (Å²) in [5.41, 5.74) is 6.37. The summed E-state index contributed by atoms with van der Waals surface area (Å²) in [6.07, 6.45) is 0. The quantitative estimate of drug-likeness (QED) is 0.755. The van der Waals surface area contributed by atoms with Gasteiger partial charge in [0.1, 0.15) is 11.6 Å². The van der Waals surface area contributed by atoms with Gasteiger partial charge in [0.25, 0.3) is 10.0 Å². The molecule has 4 N–H and O–H groups in total. The number of nitrogens with zero attached hydrogens (tertiary/aromatic N) is 1. The van der Waals surface area contributed by atoms with Gasteiger partial charge in [0, 0.05) is 6.54 Å². The lowest BCUT2D eigenvalue weighted by Gasteiger charge is -2.06. The third-order valence-corrected chi connectivity index (χ3v) is 4.08. The van der Waals surface area contributed by atoms with Gasteiger partial charge in [-0.05, 0) is 24.6 Å². The zero-order valence-corrected chi connectivity index (χ0v) is 12.0. The number of nitrogen functional groups attached to an aromatic ring is 1. The van der Waals surface area contributed by atoms with Crippen LogP contribution in [0.2, 0.25) is 0 Å². The molecule has 0 spiro atoms. The summed E-state index contributed by atoms with van der Waals surface area (Å²) in [5, 5.41) is -0.108. The molecule has 0 aliphatic carbocycles. The molecular formula is C12H16N4O3S. The predicted octanol–water partition coefficient (Wildman–Crippen LogP) is 0.787. The van der Waals surface area contributed by atoms with E-state index in [0.717, 1.165) is 5.56 Å². The number of sulfonamides is 1. The summed E-state index contributed by atoms with van der Waals surface area (Å²) >= 11 is 0. The zero-order chi connectivity index (χ0) is 14.8. The van der Waals surface area contributed by atoms with Crippen molar-refractivity contribution in [1.82, 2.24) is 14.7 Å². The van der Waals surface area contributed by atoms with E-state index in [0.29, 0.717) is 11.6 Å². The summed E-state index contributed by atoms with van der Waals surface area (Å²) in [7, 11) is -2.14. The molecule has 0 unspecified atom stereocenters. The van der Waals surface area contributed by atoms with Gasteiger partial charge in [-0.15, -0.1) is 0 Å². The number of hydrogen-bond acceptors (Lipinski definition) is 5. The van der Waals surface area contributed by atoms with Gasteiger partial charge in [0.2, 0.25) is 0 Å². The molecule has 8 heteroatoms. The van der Waals surface area contributed by atoms with Gasteiger partial charge in [-0.3, -0.25) is 0 Å². The number of benzene rings is 1. The Balaban J connectivity index is 2.11. The average molecular weight is 296 g/mol. The highest BCUT2D eigenvalue weighted by molar-refractivity contribution is 7.89. The van der Waals surface area contributed by atoms with Crippen LogP contribution in [0, 0.1) is 6.92 Å².